The molecule has 14 heavy (non-hydrogen) atoms. The van der Waals surface area contributed by atoms with Gasteiger partial charge in [0.05, 0.1) is 0 Å². The van der Waals surface area contributed by atoms with Crippen LogP contribution in [0.2, 0.25) is 0 Å². The smallest absolute Gasteiger partial charge is 0.320 e. The van der Waals surface area contributed by atoms with Crippen molar-refractivity contribution in [1.82, 2.24) is 5.32 Å². The summed E-state index contributed by atoms with van der Waals surface area (Å²) in [4.78, 5) is 10.8. The number of piperidine rings is 1. The van der Waals surface area contributed by atoms with Gasteiger partial charge in [-0.1, -0.05) is 20.8 Å². The molecule has 2 atom stereocenters. The molecule has 1 saturated heterocycles. The lowest BCUT2D eigenvalue weighted by atomic mass is 9.74. The van der Waals surface area contributed by atoms with Crippen LogP contribution in [0.1, 0.15) is 33.6 Å². The third-order valence-corrected chi connectivity index (χ3v) is 2.93. The summed E-state index contributed by atoms with van der Waals surface area (Å²) in [5.41, 5.74) is 0.232. The minimum atomic E-state index is -0.714. The maximum absolute atomic E-state index is 10.8. The normalized spacial score (nSPS) is 27.9. The lowest BCUT2D eigenvalue weighted by molar-refractivity contribution is -0.140. The average Bonchev–Trinajstić information content (AvgIpc) is 2.03. The molecule has 0 aromatic heterocycles. The van der Waals surface area contributed by atoms with E-state index in [0.717, 1.165) is 19.4 Å². The second-order valence-electron chi connectivity index (χ2n) is 4.93. The number of carbonyl (C=O) groups is 1. The second kappa shape index (κ2) is 4.99. The molecule has 0 bridgehead atoms. The van der Waals surface area contributed by atoms with Gasteiger partial charge in [0.1, 0.15) is 6.04 Å². The molecule has 1 rings (SSSR count). The zero-order valence-electron chi connectivity index (χ0n) is 9.04. The zero-order chi connectivity index (χ0) is 10.1. The first-order chi connectivity index (χ1) is 5.91. The Morgan fingerprint density at radius 1 is 1.43 bits per heavy atom. The summed E-state index contributed by atoms with van der Waals surface area (Å²) in [6, 6.07) is -0.335. The number of carboxylic acids is 1. The summed E-state index contributed by atoms with van der Waals surface area (Å²) < 4.78 is 0. The number of hydrogen-bond acceptors (Lipinski definition) is 2. The summed E-state index contributed by atoms with van der Waals surface area (Å²) >= 11 is 0. The van der Waals surface area contributed by atoms with E-state index in [4.69, 9.17) is 5.11 Å². The predicted octanol–water partition coefficient (Wildman–Crippen LogP) is 1.91. The first-order valence-electron chi connectivity index (χ1n) is 4.87. The Morgan fingerprint density at radius 2 is 2.00 bits per heavy atom. The molecule has 1 fully saturated rings. The van der Waals surface area contributed by atoms with Crippen LogP contribution in [0.25, 0.3) is 0 Å². The predicted molar refractivity (Wildman–Crippen MR) is 58.9 cm³/mol. The Bertz CT molecular complexity index is 201. The van der Waals surface area contributed by atoms with Crippen molar-refractivity contribution in [1.29, 1.82) is 0 Å². The number of aliphatic carboxylic acids is 1. The molecular formula is C10H20ClNO2. The molecule has 0 radical (unpaired) electrons. The van der Waals surface area contributed by atoms with E-state index in [1.54, 1.807) is 0 Å². The van der Waals surface area contributed by atoms with Gasteiger partial charge < -0.3 is 10.4 Å². The van der Waals surface area contributed by atoms with Crippen LogP contribution >= 0.6 is 12.4 Å². The van der Waals surface area contributed by atoms with Gasteiger partial charge in [0.15, 0.2) is 0 Å². The highest BCUT2D eigenvalue weighted by Crippen LogP contribution is 2.34. The lowest BCUT2D eigenvalue weighted by Gasteiger charge is -2.36. The summed E-state index contributed by atoms with van der Waals surface area (Å²) in [7, 11) is 0. The van der Waals surface area contributed by atoms with Crippen LogP contribution in [0.5, 0.6) is 0 Å². The van der Waals surface area contributed by atoms with Gasteiger partial charge in [-0.2, -0.15) is 0 Å². The molecule has 0 amide bonds. The molecule has 0 aromatic carbocycles. The van der Waals surface area contributed by atoms with Crippen molar-refractivity contribution in [3.8, 4) is 0 Å². The number of halogens is 1. The van der Waals surface area contributed by atoms with Crippen molar-refractivity contribution < 1.29 is 9.90 Å². The third-order valence-electron chi connectivity index (χ3n) is 2.93. The Morgan fingerprint density at radius 3 is 2.43 bits per heavy atom. The van der Waals surface area contributed by atoms with Gasteiger partial charge in [0.25, 0.3) is 0 Å². The Labute approximate surface area is 91.7 Å². The number of rotatable bonds is 1. The maximum atomic E-state index is 10.8. The van der Waals surface area contributed by atoms with E-state index >= 15 is 0 Å². The van der Waals surface area contributed by atoms with E-state index in [-0.39, 0.29) is 23.9 Å². The highest BCUT2D eigenvalue weighted by molar-refractivity contribution is 5.85. The van der Waals surface area contributed by atoms with Crippen LogP contribution in [0.15, 0.2) is 0 Å². The second-order valence-corrected chi connectivity index (χ2v) is 4.93. The van der Waals surface area contributed by atoms with Crippen LogP contribution in [-0.4, -0.2) is 23.7 Å². The molecule has 2 N–H and O–H groups in total. The molecule has 1 heterocycles. The maximum Gasteiger partial charge on any atom is 0.320 e. The molecular weight excluding hydrogens is 202 g/mol. The largest absolute Gasteiger partial charge is 0.480 e. The van der Waals surface area contributed by atoms with Crippen molar-refractivity contribution in [3.05, 3.63) is 0 Å². The Hall–Kier alpha value is -0.280. The Kier molecular flexibility index (Phi) is 4.89. The fourth-order valence-electron chi connectivity index (χ4n) is 1.89. The van der Waals surface area contributed by atoms with Crippen molar-refractivity contribution in [3.63, 3.8) is 0 Å². The Balaban J connectivity index is 0.00000169. The molecule has 0 spiro atoms. The van der Waals surface area contributed by atoms with Crippen molar-refractivity contribution >= 4 is 18.4 Å². The summed E-state index contributed by atoms with van der Waals surface area (Å²) in [5.74, 6) is -0.191. The van der Waals surface area contributed by atoms with E-state index in [9.17, 15) is 4.79 Å². The molecule has 1 aliphatic rings. The number of nitrogens with one attached hydrogen (secondary N) is 1. The molecule has 84 valence electrons. The first-order valence-corrected chi connectivity index (χ1v) is 4.87. The van der Waals surface area contributed by atoms with Crippen LogP contribution in [0.3, 0.4) is 0 Å². The molecule has 2 unspecified atom stereocenters. The van der Waals surface area contributed by atoms with E-state index in [1.807, 2.05) is 0 Å². The average molecular weight is 222 g/mol. The zero-order valence-corrected chi connectivity index (χ0v) is 9.86. The van der Waals surface area contributed by atoms with Gasteiger partial charge in [0, 0.05) is 0 Å². The molecule has 0 aromatic rings. The van der Waals surface area contributed by atoms with E-state index in [2.05, 4.69) is 26.1 Å². The SMILES string of the molecule is CC(C)(C)C1CCNC(C(=O)O)C1.Cl. The van der Waals surface area contributed by atoms with Crippen LogP contribution in [0, 0.1) is 11.3 Å². The van der Waals surface area contributed by atoms with E-state index in [0.29, 0.717) is 5.92 Å². The monoisotopic (exact) mass is 221 g/mol. The summed E-state index contributed by atoms with van der Waals surface area (Å²) in [5, 5.41) is 11.9. The lowest BCUT2D eigenvalue weighted by Crippen LogP contribution is -2.46. The van der Waals surface area contributed by atoms with E-state index < -0.39 is 5.97 Å². The van der Waals surface area contributed by atoms with Crippen molar-refractivity contribution in [2.24, 2.45) is 11.3 Å². The van der Waals surface area contributed by atoms with Crippen molar-refractivity contribution in [2.75, 3.05) is 6.54 Å². The molecule has 3 nitrogen and oxygen atoms in total. The topological polar surface area (TPSA) is 49.3 Å². The minimum Gasteiger partial charge on any atom is -0.480 e. The summed E-state index contributed by atoms with van der Waals surface area (Å²) in [6.07, 6.45) is 1.85. The minimum absolute atomic E-state index is 0. The highest BCUT2D eigenvalue weighted by atomic mass is 35.5. The third kappa shape index (κ3) is 3.46. The number of hydrogen-bond donors (Lipinski definition) is 2. The fraction of sp³-hybridized carbons (Fsp3) is 0.900. The fourth-order valence-corrected chi connectivity index (χ4v) is 1.89. The van der Waals surface area contributed by atoms with Crippen LogP contribution in [0.4, 0.5) is 0 Å². The van der Waals surface area contributed by atoms with E-state index in [1.165, 1.54) is 0 Å². The van der Waals surface area contributed by atoms with Gasteiger partial charge in [-0.15, -0.1) is 12.4 Å². The van der Waals surface area contributed by atoms with Gasteiger partial charge in [0.2, 0.25) is 0 Å². The summed E-state index contributed by atoms with van der Waals surface area (Å²) in [6.45, 7) is 7.38. The first kappa shape index (κ1) is 13.7. The van der Waals surface area contributed by atoms with Gasteiger partial charge in [-0.25, -0.2) is 0 Å². The van der Waals surface area contributed by atoms with Crippen molar-refractivity contribution in [2.45, 2.75) is 39.7 Å². The van der Waals surface area contributed by atoms with Gasteiger partial charge in [-0.05, 0) is 30.7 Å². The molecule has 1 aliphatic heterocycles. The molecule has 0 aliphatic carbocycles. The number of carboxylic acid groups (broad SMARTS) is 1. The van der Waals surface area contributed by atoms with Crippen LogP contribution in [-0.2, 0) is 4.79 Å². The molecule has 4 heteroatoms. The quantitative estimate of drug-likeness (QED) is 0.711. The highest BCUT2D eigenvalue weighted by Gasteiger charge is 2.33. The molecule has 0 saturated carbocycles. The standard InChI is InChI=1S/C10H19NO2.ClH/c1-10(2,3)7-4-5-11-8(6-7)9(12)13;/h7-8,11H,4-6H2,1-3H3,(H,12,13);1H. The van der Waals surface area contributed by atoms with Gasteiger partial charge in [-0.3, -0.25) is 4.79 Å². The van der Waals surface area contributed by atoms with Crippen LogP contribution < -0.4 is 5.32 Å². The van der Waals surface area contributed by atoms with Gasteiger partial charge >= 0.3 is 5.97 Å².